The molecule has 0 unspecified atom stereocenters. The molecular weight excluding hydrogens is 247 g/mol. The molecule has 1 aromatic rings. The Hall–Kier alpha value is -2.31. The lowest BCUT2D eigenvalue weighted by Crippen LogP contribution is -2.02. The van der Waals surface area contributed by atoms with Crippen molar-refractivity contribution in [2.45, 2.75) is 0 Å². The van der Waals surface area contributed by atoms with E-state index in [1.54, 1.807) is 0 Å². The average molecular weight is 252 g/mol. The number of hydrogen-bond acceptors (Lipinski definition) is 3. The van der Waals surface area contributed by atoms with Crippen LogP contribution in [0.3, 0.4) is 0 Å². The number of carboxylic acid groups (broad SMARTS) is 1. The van der Waals surface area contributed by atoms with Gasteiger partial charge in [-0.1, -0.05) is 0 Å². The van der Waals surface area contributed by atoms with Gasteiger partial charge in [-0.05, 0) is 6.07 Å². The number of aromatic carboxylic acids is 1. The number of phenols is 1. The molecule has 5 nitrogen and oxygen atoms in total. The molecule has 1 aromatic carbocycles. The molecule has 17 heavy (non-hydrogen) atoms. The molecule has 0 saturated carbocycles. The minimum Gasteiger partial charge on any atom is -0.507 e. The van der Waals surface area contributed by atoms with Crippen molar-refractivity contribution in [3.05, 3.63) is 28.7 Å². The van der Waals surface area contributed by atoms with Crippen molar-refractivity contribution in [1.29, 1.82) is 5.39 Å². The van der Waals surface area contributed by atoms with Crippen molar-refractivity contribution in [1.82, 2.24) is 0 Å². The fourth-order valence-corrected chi connectivity index (χ4v) is 0.763. The molecule has 92 valence electrons. The number of carboxylic acids is 1. The first-order chi connectivity index (χ1) is 7.65. The van der Waals surface area contributed by atoms with Gasteiger partial charge in [0.2, 0.25) is 5.39 Å². The van der Waals surface area contributed by atoms with Crippen LogP contribution in [-0.4, -0.2) is 23.4 Å². The summed E-state index contributed by atoms with van der Waals surface area (Å²) in [6, 6.07) is 3.50. The van der Waals surface area contributed by atoms with Crippen molar-refractivity contribution in [3.8, 4) is 5.75 Å². The fraction of sp³-hybridized carbons (Fsp3) is 0. The molecule has 0 aliphatic heterocycles. The van der Waals surface area contributed by atoms with E-state index < -0.39 is 19.0 Å². The summed E-state index contributed by atoms with van der Waals surface area (Å²) < 4.78 is 39.0. The molecule has 0 amide bonds. The summed E-state index contributed by atoms with van der Waals surface area (Å²) >= 11 is 0. The first-order valence-corrected chi connectivity index (χ1v) is 3.94. The van der Waals surface area contributed by atoms with Gasteiger partial charge < -0.3 is 27.5 Å². The van der Waals surface area contributed by atoms with Crippen molar-refractivity contribution in [3.63, 3.8) is 0 Å². The predicted molar refractivity (Wildman–Crippen MR) is 50.0 cm³/mol. The van der Waals surface area contributed by atoms with Crippen LogP contribution in [0.15, 0.2) is 18.2 Å². The summed E-state index contributed by atoms with van der Waals surface area (Å²) in [6.45, 7) is 0. The van der Waals surface area contributed by atoms with Crippen LogP contribution in [0, 0.1) is 5.39 Å². The molecule has 0 bridgehead atoms. The zero-order chi connectivity index (χ0) is 13.6. The predicted octanol–water partition coefficient (Wildman–Crippen LogP) is 2.87. The maximum atomic E-state index is 10.4. The van der Waals surface area contributed by atoms with E-state index in [2.05, 4.69) is 4.98 Å². The zero-order valence-corrected chi connectivity index (χ0v) is 8.02. The lowest BCUT2D eigenvalue weighted by atomic mass is 10.2. The number of aromatic hydroxyl groups is 1. The number of benzene rings is 1. The number of nitrogens with zero attached hydrogens (tertiary/aromatic N) is 2. The maximum absolute atomic E-state index is 10.4. The largest absolute Gasteiger partial charge is 0.673 e. The van der Waals surface area contributed by atoms with Crippen LogP contribution in [0.4, 0.5) is 23.0 Å². The van der Waals surface area contributed by atoms with Crippen molar-refractivity contribution in [2.75, 3.05) is 0 Å². The Balaban J connectivity index is 0.000000437. The summed E-state index contributed by atoms with van der Waals surface area (Å²) in [4.78, 5) is 13.1. The molecule has 0 heterocycles. The van der Waals surface area contributed by atoms with Crippen LogP contribution >= 0.6 is 0 Å². The first-order valence-electron chi connectivity index (χ1n) is 3.94. The van der Waals surface area contributed by atoms with E-state index in [-0.39, 0.29) is 11.3 Å². The standard InChI is InChI=1S/C7H4N2O3.BF4/c8-9-4-1-2-5(7(11)12)6(10)3-4;2-1(3,4)5/h1-3H,(H-,10,11,12);/q;-1/p+1. The second-order valence-electron chi connectivity index (χ2n) is 2.60. The van der Waals surface area contributed by atoms with Gasteiger partial charge in [0.25, 0.3) is 0 Å². The number of hydrogen-bond donors (Lipinski definition) is 2. The molecule has 0 aliphatic carbocycles. The highest BCUT2D eigenvalue weighted by atomic mass is 19.5. The highest BCUT2D eigenvalue weighted by Gasteiger charge is 2.20. The highest BCUT2D eigenvalue weighted by molar-refractivity contribution is 6.50. The fourth-order valence-electron chi connectivity index (χ4n) is 0.763. The van der Waals surface area contributed by atoms with Crippen LogP contribution < -0.4 is 0 Å². The molecule has 0 saturated heterocycles. The van der Waals surface area contributed by atoms with Crippen LogP contribution in [0.5, 0.6) is 5.75 Å². The SMILES string of the molecule is F[B-](F)(F)F.N#[N+]c1ccc(C(=O)O)c(O)c1. The minimum atomic E-state index is -6.00. The van der Waals surface area contributed by atoms with Crippen LogP contribution in [0.2, 0.25) is 0 Å². The van der Waals surface area contributed by atoms with Crippen LogP contribution in [0.1, 0.15) is 10.4 Å². The number of diazo groups is 1. The third kappa shape index (κ3) is 6.72. The Labute approximate surface area is 92.0 Å². The van der Waals surface area contributed by atoms with Gasteiger partial charge in [-0.15, -0.1) is 0 Å². The summed E-state index contributed by atoms with van der Waals surface area (Å²) in [5.74, 6) is -1.64. The Morgan fingerprint density at radius 3 is 2.06 bits per heavy atom. The highest BCUT2D eigenvalue weighted by Crippen LogP contribution is 2.23. The smallest absolute Gasteiger partial charge is 0.507 e. The van der Waals surface area contributed by atoms with Crippen molar-refractivity contribution in [2.24, 2.45) is 0 Å². The van der Waals surface area contributed by atoms with E-state index in [0.29, 0.717) is 0 Å². The molecule has 1 rings (SSSR count). The van der Waals surface area contributed by atoms with Crippen LogP contribution in [-0.2, 0) is 0 Å². The Kier molecular flexibility index (Phi) is 4.92. The van der Waals surface area contributed by atoms with Gasteiger partial charge in [0, 0.05) is 6.07 Å². The second-order valence-corrected chi connectivity index (χ2v) is 2.60. The Bertz CT molecular complexity index is 451. The Morgan fingerprint density at radius 2 is 1.76 bits per heavy atom. The second kappa shape index (κ2) is 5.69. The number of carbonyl (C=O) groups is 1. The topological polar surface area (TPSA) is 85.7 Å². The normalized spacial score (nSPS) is 9.82. The van der Waals surface area contributed by atoms with Crippen molar-refractivity contribution < 1.29 is 32.3 Å². The molecular formula is C7H5BF4N2O3. The lowest BCUT2D eigenvalue weighted by molar-refractivity contribution is 0.0693. The van der Waals surface area contributed by atoms with Crippen molar-refractivity contribution >= 4 is 18.9 Å². The van der Waals surface area contributed by atoms with E-state index in [1.807, 2.05) is 0 Å². The molecule has 10 heteroatoms. The minimum absolute atomic E-state index is 0.109. The molecule has 0 aliphatic rings. The summed E-state index contributed by atoms with van der Waals surface area (Å²) in [6.07, 6.45) is 0. The zero-order valence-electron chi connectivity index (χ0n) is 8.02. The summed E-state index contributed by atoms with van der Waals surface area (Å²) in [5, 5.41) is 25.8. The summed E-state index contributed by atoms with van der Waals surface area (Å²) in [5.41, 5.74) is -0.111. The molecule has 0 fully saturated rings. The maximum Gasteiger partial charge on any atom is 0.673 e. The van der Waals surface area contributed by atoms with Gasteiger partial charge in [-0.3, -0.25) is 0 Å². The molecule has 0 aromatic heterocycles. The third-order valence-electron chi connectivity index (χ3n) is 1.33. The van der Waals surface area contributed by atoms with Gasteiger partial charge in [0.05, 0.1) is 6.07 Å². The molecule has 2 N–H and O–H groups in total. The average Bonchev–Trinajstić information content (AvgIpc) is 2.14. The van der Waals surface area contributed by atoms with E-state index in [0.717, 1.165) is 12.1 Å². The van der Waals surface area contributed by atoms with E-state index in [9.17, 15) is 22.1 Å². The van der Waals surface area contributed by atoms with Crippen LogP contribution in [0.25, 0.3) is 4.98 Å². The third-order valence-corrected chi connectivity index (χ3v) is 1.33. The van der Waals surface area contributed by atoms with Gasteiger partial charge in [-0.2, -0.15) is 0 Å². The monoisotopic (exact) mass is 252 g/mol. The van der Waals surface area contributed by atoms with E-state index in [4.69, 9.17) is 15.6 Å². The first kappa shape index (κ1) is 14.7. The number of rotatable bonds is 1. The van der Waals surface area contributed by atoms with Gasteiger partial charge in [-0.25, -0.2) is 4.79 Å². The molecule has 0 spiro atoms. The van der Waals surface area contributed by atoms with E-state index in [1.165, 1.54) is 6.07 Å². The molecule has 0 radical (unpaired) electrons. The molecule has 0 atom stereocenters. The summed E-state index contributed by atoms with van der Waals surface area (Å²) in [7, 11) is -6.00. The number of halogens is 4. The van der Waals surface area contributed by atoms with Gasteiger partial charge >= 0.3 is 18.9 Å². The van der Waals surface area contributed by atoms with E-state index >= 15 is 0 Å². The van der Waals surface area contributed by atoms with Gasteiger partial charge in [0.15, 0.2) is 4.98 Å². The van der Waals surface area contributed by atoms with Gasteiger partial charge in [0.1, 0.15) is 11.3 Å². The quantitative estimate of drug-likeness (QED) is 0.457. The Morgan fingerprint density at radius 1 is 1.29 bits per heavy atom. The lowest BCUT2D eigenvalue weighted by Gasteiger charge is -1.94.